The molecule has 0 spiro atoms. The fraction of sp³-hybridized carbons (Fsp3) is 0.455. The van der Waals surface area contributed by atoms with Gasteiger partial charge in [0, 0.05) is 0 Å². The Hall–Kier alpha value is -0.900. The van der Waals surface area contributed by atoms with Gasteiger partial charge in [0.15, 0.2) is 0 Å². The van der Waals surface area contributed by atoms with E-state index in [4.69, 9.17) is 4.84 Å². The smallest absolute Gasteiger partial charge is 0.129 e. The van der Waals surface area contributed by atoms with Crippen LogP contribution in [0.4, 0.5) is 0 Å². The van der Waals surface area contributed by atoms with E-state index in [2.05, 4.69) is 5.48 Å². The molecule has 3 nitrogen and oxygen atoms in total. The van der Waals surface area contributed by atoms with E-state index >= 15 is 0 Å². The van der Waals surface area contributed by atoms with Crippen molar-refractivity contribution in [2.75, 3.05) is 0 Å². The second kappa shape index (κ2) is 5.75. The number of benzene rings is 1. The molecule has 1 aromatic rings. The first-order valence-corrected chi connectivity index (χ1v) is 4.79. The van der Waals surface area contributed by atoms with Crippen molar-refractivity contribution in [2.45, 2.75) is 26.7 Å². The number of aliphatic hydroxyl groups is 1. The fourth-order valence-corrected chi connectivity index (χ4v) is 0.921. The minimum Gasteiger partial charge on any atom is -0.376 e. The van der Waals surface area contributed by atoms with Crippen LogP contribution in [0.15, 0.2) is 30.3 Å². The molecule has 1 rings (SSSR count). The van der Waals surface area contributed by atoms with Crippen molar-refractivity contribution in [2.24, 2.45) is 5.92 Å². The summed E-state index contributed by atoms with van der Waals surface area (Å²) >= 11 is 0. The van der Waals surface area contributed by atoms with Gasteiger partial charge in [0.05, 0.1) is 6.61 Å². The van der Waals surface area contributed by atoms with Gasteiger partial charge < -0.3 is 5.11 Å². The third-order valence-electron chi connectivity index (χ3n) is 1.92. The summed E-state index contributed by atoms with van der Waals surface area (Å²) in [5, 5.41) is 9.37. The fourth-order valence-electron chi connectivity index (χ4n) is 0.921. The normalized spacial score (nSPS) is 13.1. The standard InChI is InChI=1S/C11H17NO2/c1-9(2)11(13)12-14-8-10-6-4-3-5-7-10/h3-7,9,11-13H,8H2,1-2H3. The van der Waals surface area contributed by atoms with Gasteiger partial charge in [-0.1, -0.05) is 44.2 Å². The second-order valence-electron chi connectivity index (χ2n) is 3.58. The first-order valence-electron chi connectivity index (χ1n) is 4.79. The highest BCUT2D eigenvalue weighted by molar-refractivity contribution is 5.13. The first-order chi connectivity index (χ1) is 6.70. The second-order valence-corrected chi connectivity index (χ2v) is 3.58. The minimum absolute atomic E-state index is 0.144. The third-order valence-corrected chi connectivity index (χ3v) is 1.92. The van der Waals surface area contributed by atoms with Crippen molar-refractivity contribution in [1.29, 1.82) is 0 Å². The highest BCUT2D eigenvalue weighted by atomic mass is 16.7. The van der Waals surface area contributed by atoms with Crippen LogP contribution in [0.1, 0.15) is 19.4 Å². The number of rotatable bonds is 5. The molecule has 14 heavy (non-hydrogen) atoms. The van der Waals surface area contributed by atoms with Gasteiger partial charge >= 0.3 is 0 Å². The van der Waals surface area contributed by atoms with Crippen LogP contribution in [0.25, 0.3) is 0 Å². The van der Waals surface area contributed by atoms with Crippen LogP contribution in [-0.2, 0) is 11.4 Å². The molecule has 0 bridgehead atoms. The number of hydrogen-bond donors (Lipinski definition) is 2. The Morgan fingerprint density at radius 1 is 1.29 bits per heavy atom. The zero-order valence-corrected chi connectivity index (χ0v) is 8.60. The largest absolute Gasteiger partial charge is 0.376 e. The molecule has 1 unspecified atom stereocenters. The van der Waals surface area contributed by atoms with Gasteiger partial charge in [0.2, 0.25) is 0 Å². The Kier molecular flexibility index (Phi) is 4.59. The summed E-state index contributed by atoms with van der Waals surface area (Å²) in [5.41, 5.74) is 3.67. The van der Waals surface area contributed by atoms with Gasteiger partial charge in [0.1, 0.15) is 6.23 Å². The van der Waals surface area contributed by atoms with Crippen LogP contribution in [0.2, 0.25) is 0 Å². The molecule has 1 atom stereocenters. The topological polar surface area (TPSA) is 41.5 Å². The van der Waals surface area contributed by atoms with Crippen LogP contribution >= 0.6 is 0 Å². The lowest BCUT2D eigenvalue weighted by Gasteiger charge is -2.15. The Balaban J connectivity index is 2.22. The molecular weight excluding hydrogens is 178 g/mol. The molecule has 0 saturated heterocycles. The van der Waals surface area contributed by atoms with Crippen molar-refractivity contribution in [1.82, 2.24) is 5.48 Å². The van der Waals surface area contributed by atoms with Gasteiger partial charge in [-0.05, 0) is 11.5 Å². The van der Waals surface area contributed by atoms with Crippen LogP contribution < -0.4 is 5.48 Å². The van der Waals surface area contributed by atoms with Crippen molar-refractivity contribution >= 4 is 0 Å². The highest BCUT2D eigenvalue weighted by Gasteiger charge is 2.07. The summed E-state index contributed by atoms with van der Waals surface area (Å²) < 4.78 is 0. The van der Waals surface area contributed by atoms with Crippen LogP contribution in [-0.4, -0.2) is 11.3 Å². The van der Waals surface area contributed by atoms with Gasteiger partial charge in [-0.3, -0.25) is 4.84 Å². The summed E-state index contributed by atoms with van der Waals surface area (Å²) in [6.45, 7) is 4.30. The van der Waals surface area contributed by atoms with Crippen LogP contribution in [0.5, 0.6) is 0 Å². The van der Waals surface area contributed by atoms with Crippen molar-refractivity contribution in [3.05, 3.63) is 35.9 Å². The molecule has 2 N–H and O–H groups in total. The van der Waals surface area contributed by atoms with Crippen LogP contribution in [0, 0.1) is 5.92 Å². The molecule has 0 heterocycles. The lowest BCUT2D eigenvalue weighted by atomic mass is 10.2. The average molecular weight is 195 g/mol. The van der Waals surface area contributed by atoms with E-state index in [-0.39, 0.29) is 5.92 Å². The molecule has 0 amide bonds. The molecule has 3 heteroatoms. The molecule has 0 saturated carbocycles. The Morgan fingerprint density at radius 3 is 2.50 bits per heavy atom. The average Bonchev–Trinajstić information content (AvgIpc) is 2.19. The third kappa shape index (κ3) is 3.87. The van der Waals surface area contributed by atoms with E-state index in [1.165, 1.54) is 0 Å². The maximum absolute atomic E-state index is 9.37. The first kappa shape index (κ1) is 11.2. The van der Waals surface area contributed by atoms with Crippen molar-refractivity contribution < 1.29 is 9.94 Å². The minimum atomic E-state index is -0.612. The van der Waals surface area contributed by atoms with E-state index in [1.807, 2.05) is 44.2 Å². The van der Waals surface area contributed by atoms with Crippen molar-refractivity contribution in [3.63, 3.8) is 0 Å². The number of nitrogens with one attached hydrogen (secondary N) is 1. The molecule has 0 fully saturated rings. The number of hydrogen-bond acceptors (Lipinski definition) is 3. The Morgan fingerprint density at radius 2 is 1.93 bits per heavy atom. The lowest BCUT2D eigenvalue weighted by Crippen LogP contribution is -2.33. The SMILES string of the molecule is CC(C)C(O)NOCc1ccccc1. The van der Waals surface area contributed by atoms with Gasteiger partial charge in [-0.2, -0.15) is 5.48 Å². The van der Waals surface area contributed by atoms with E-state index < -0.39 is 6.23 Å². The highest BCUT2D eigenvalue weighted by Crippen LogP contribution is 2.01. The molecule has 0 aliphatic carbocycles. The Bertz CT molecular complexity index is 249. The zero-order valence-electron chi connectivity index (χ0n) is 8.60. The van der Waals surface area contributed by atoms with E-state index in [0.717, 1.165) is 5.56 Å². The monoisotopic (exact) mass is 195 g/mol. The summed E-state index contributed by atoms with van der Waals surface area (Å²) in [7, 11) is 0. The number of hydroxylamine groups is 1. The zero-order chi connectivity index (χ0) is 10.4. The maximum atomic E-state index is 9.37. The predicted molar refractivity (Wildman–Crippen MR) is 55.2 cm³/mol. The van der Waals surface area contributed by atoms with Gasteiger partial charge in [-0.25, -0.2) is 0 Å². The summed E-state index contributed by atoms with van der Waals surface area (Å²) in [4.78, 5) is 5.14. The van der Waals surface area contributed by atoms with E-state index in [1.54, 1.807) is 0 Å². The summed E-state index contributed by atoms with van der Waals surface area (Å²) in [5.74, 6) is 0.144. The molecule has 0 radical (unpaired) electrons. The maximum Gasteiger partial charge on any atom is 0.129 e. The van der Waals surface area contributed by atoms with E-state index in [0.29, 0.717) is 6.61 Å². The summed E-state index contributed by atoms with van der Waals surface area (Å²) in [6, 6.07) is 9.82. The molecule has 0 aliphatic rings. The van der Waals surface area contributed by atoms with Gasteiger partial charge in [0.25, 0.3) is 0 Å². The molecular formula is C11H17NO2. The van der Waals surface area contributed by atoms with Gasteiger partial charge in [-0.15, -0.1) is 0 Å². The molecule has 0 aromatic heterocycles. The Labute approximate surface area is 84.7 Å². The number of aliphatic hydroxyl groups excluding tert-OH is 1. The quantitative estimate of drug-likeness (QED) is 0.555. The predicted octanol–water partition coefficient (Wildman–Crippen LogP) is 1.68. The summed E-state index contributed by atoms with van der Waals surface area (Å²) in [6.07, 6.45) is -0.612. The van der Waals surface area contributed by atoms with Crippen molar-refractivity contribution in [3.8, 4) is 0 Å². The lowest BCUT2D eigenvalue weighted by molar-refractivity contribution is -0.0828. The van der Waals surface area contributed by atoms with Crippen LogP contribution in [0.3, 0.4) is 0 Å². The molecule has 1 aromatic carbocycles. The molecule has 78 valence electrons. The van der Waals surface area contributed by atoms with E-state index in [9.17, 15) is 5.11 Å². The molecule has 0 aliphatic heterocycles.